The zero-order chi connectivity index (χ0) is 17.7. The molecule has 126 valence electrons. The second-order valence-electron chi connectivity index (χ2n) is 6.13. The van der Waals surface area contributed by atoms with Gasteiger partial charge in [0.2, 0.25) is 0 Å². The maximum absolute atomic E-state index is 13.2. The van der Waals surface area contributed by atoms with Gasteiger partial charge in [0.15, 0.2) is 5.78 Å². The van der Waals surface area contributed by atoms with Gasteiger partial charge in [-0.05, 0) is 36.5 Å². The molecule has 0 saturated heterocycles. The van der Waals surface area contributed by atoms with Gasteiger partial charge in [0, 0.05) is 11.5 Å². The van der Waals surface area contributed by atoms with Crippen molar-refractivity contribution >= 4 is 21.2 Å². The van der Waals surface area contributed by atoms with E-state index in [9.17, 15) is 9.59 Å². The number of carbonyl (C=O) groups is 2. The molecule has 24 heavy (non-hydrogen) atoms. The van der Waals surface area contributed by atoms with E-state index in [0.29, 0.717) is 5.56 Å². The maximum atomic E-state index is 13.2. The highest BCUT2D eigenvalue weighted by Gasteiger charge is 2.31. The van der Waals surface area contributed by atoms with Crippen molar-refractivity contribution in [1.29, 1.82) is 0 Å². The van der Waals surface area contributed by atoms with Crippen molar-refractivity contribution in [2.75, 3.05) is 0 Å². The summed E-state index contributed by atoms with van der Waals surface area (Å²) in [5.74, 6) is -0.938. The minimum Gasteiger partial charge on any atom is -0.451 e. The first-order chi connectivity index (χ1) is 11.5. The van der Waals surface area contributed by atoms with E-state index in [1.807, 2.05) is 78.8 Å². The van der Waals surface area contributed by atoms with Crippen LogP contribution in [0, 0.1) is 19.8 Å². The van der Waals surface area contributed by atoms with Gasteiger partial charge < -0.3 is 4.52 Å². The number of hydrogen-bond acceptors (Lipinski definition) is 3. The molecular formula is C20H23O3P. The van der Waals surface area contributed by atoms with Gasteiger partial charge in [-0.1, -0.05) is 55.5 Å². The van der Waals surface area contributed by atoms with Gasteiger partial charge in [-0.2, -0.15) is 0 Å². The summed E-state index contributed by atoms with van der Waals surface area (Å²) in [6, 6.07) is 15.6. The van der Waals surface area contributed by atoms with E-state index in [4.69, 9.17) is 4.52 Å². The minimum atomic E-state index is -0.458. The van der Waals surface area contributed by atoms with Crippen LogP contribution in [-0.2, 0) is 9.32 Å². The second-order valence-corrected chi connectivity index (χ2v) is 6.37. The fraction of sp³-hybridized carbons (Fsp3) is 0.300. The summed E-state index contributed by atoms with van der Waals surface area (Å²) in [5.41, 5.74) is 3.62. The molecule has 3 nitrogen and oxygen atoms in total. The molecule has 0 aromatic heterocycles. The van der Waals surface area contributed by atoms with E-state index >= 15 is 0 Å². The smallest absolute Gasteiger partial charge is 0.308 e. The Morgan fingerprint density at radius 2 is 1.58 bits per heavy atom. The SMILES string of the molecule is Cc1cccc(C)c1C(=O)C(CC(=O)OP)C(C)c1ccccc1. The van der Waals surface area contributed by atoms with Crippen LogP contribution in [0.1, 0.15) is 46.3 Å². The van der Waals surface area contributed by atoms with Crippen LogP contribution in [0.15, 0.2) is 48.5 Å². The summed E-state index contributed by atoms with van der Waals surface area (Å²) < 4.78 is 4.74. The molecular weight excluding hydrogens is 319 g/mol. The Morgan fingerprint density at radius 3 is 2.12 bits per heavy atom. The van der Waals surface area contributed by atoms with E-state index in [2.05, 4.69) is 0 Å². The van der Waals surface area contributed by atoms with E-state index in [-0.39, 0.29) is 18.1 Å². The number of Topliss-reactive ketones (excluding diaryl/α,β-unsaturated/α-hetero) is 1. The van der Waals surface area contributed by atoms with Crippen LogP contribution in [-0.4, -0.2) is 11.8 Å². The van der Waals surface area contributed by atoms with Crippen LogP contribution in [0.2, 0.25) is 0 Å². The minimum absolute atomic E-state index is 0.00245. The normalized spacial score (nSPS) is 13.2. The molecule has 3 atom stereocenters. The van der Waals surface area contributed by atoms with Crippen LogP contribution < -0.4 is 0 Å². The monoisotopic (exact) mass is 342 g/mol. The quantitative estimate of drug-likeness (QED) is 0.568. The largest absolute Gasteiger partial charge is 0.451 e. The average Bonchev–Trinajstić information content (AvgIpc) is 2.59. The molecule has 2 aromatic carbocycles. The van der Waals surface area contributed by atoms with Gasteiger partial charge in [0.1, 0.15) is 0 Å². The highest BCUT2D eigenvalue weighted by molar-refractivity contribution is 7.10. The Balaban J connectivity index is 2.42. The van der Waals surface area contributed by atoms with Gasteiger partial charge in [0.25, 0.3) is 0 Å². The summed E-state index contributed by atoms with van der Waals surface area (Å²) in [5, 5.41) is 0. The summed E-state index contributed by atoms with van der Waals surface area (Å²) >= 11 is 0. The summed E-state index contributed by atoms with van der Waals surface area (Å²) in [4.78, 5) is 25.1. The number of ketones is 1. The van der Waals surface area contributed by atoms with Gasteiger partial charge >= 0.3 is 5.97 Å². The zero-order valence-corrected chi connectivity index (χ0v) is 15.4. The van der Waals surface area contributed by atoms with E-state index in [1.54, 1.807) is 0 Å². The predicted octanol–water partition coefficient (Wildman–Crippen LogP) is 4.63. The number of rotatable bonds is 6. The van der Waals surface area contributed by atoms with Crippen molar-refractivity contribution in [3.05, 3.63) is 70.8 Å². The molecule has 0 radical (unpaired) electrons. The number of carbonyl (C=O) groups excluding carboxylic acids is 2. The highest BCUT2D eigenvalue weighted by atomic mass is 31.0. The fourth-order valence-electron chi connectivity index (χ4n) is 3.10. The first-order valence-electron chi connectivity index (χ1n) is 8.00. The molecule has 0 N–H and O–H groups in total. The lowest BCUT2D eigenvalue weighted by Gasteiger charge is -2.24. The molecule has 4 heteroatoms. The summed E-state index contributed by atoms with van der Waals surface area (Å²) in [7, 11) is 1.96. The highest BCUT2D eigenvalue weighted by Crippen LogP contribution is 2.32. The lowest BCUT2D eigenvalue weighted by molar-refractivity contribution is -0.134. The van der Waals surface area contributed by atoms with Gasteiger partial charge in [0.05, 0.1) is 15.9 Å². The molecule has 2 rings (SSSR count). The van der Waals surface area contributed by atoms with Gasteiger partial charge in [-0.15, -0.1) is 0 Å². The van der Waals surface area contributed by atoms with E-state index in [1.165, 1.54) is 0 Å². The summed E-state index contributed by atoms with van der Waals surface area (Å²) in [6.45, 7) is 5.85. The van der Waals surface area contributed by atoms with Crippen molar-refractivity contribution in [3.8, 4) is 0 Å². The van der Waals surface area contributed by atoms with E-state index < -0.39 is 11.9 Å². The molecule has 0 amide bonds. The van der Waals surface area contributed by atoms with Crippen LogP contribution in [0.3, 0.4) is 0 Å². The van der Waals surface area contributed by atoms with E-state index in [0.717, 1.165) is 16.7 Å². The van der Waals surface area contributed by atoms with Crippen LogP contribution in [0.5, 0.6) is 0 Å². The van der Waals surface area contributed by atoms with Crippen molar-refractivity contribution in [2.45, 2.75) is 33.1 Å². The molecule has 0 aliphatic rings. The van der Waals surface area contributed by atoms with Crippen LogP contribution in [0.4, 0.5) is 0 Å². The first-order valence-corrected chi connectivity index (χ1v) is 8.47. The molecule has 0 bridgehead atoms. The van der Waals surface area contributed by atoms with Gasteiger partial charge in [-0.25, -0.2) is 0 Å². The van der Waals surface area contributed by atoms with Crippen molar-refractivity contribution in [3.63, 3.8) is 0 Å². The molecule has 3 unspecified atom stereocenters. The third-order valence-electron chi connectivity index (χ3n) is 4.51. The lowest BCUT2D eigenvalue weighted by atomic mass is 9.79. The fourth-order valence-corrected chi connectivity index (χ4v) is 3.20. The Hall–Kier alpha value is -1.99. The van der Waals surface area contributed by atoms with Crippen molar-refractivity contribution < 1.29 is 14.1 Å². The predicted molar refractivity (Wildman–Crippen MR) is 99.0 cm³/mol. The molecule has 0 heterocycles. The van der Waals surface area contributed by atoms with Crippen molar-refractivity contribution in [2.24, 2.45) is 5.92 Å². The third kappa shape index (κ3) is 4.10. The zero-order valence-electron chi connectivity index (χ0n) is 14.3. The standard InChI is InChI=1S/C20H23O3P/c1-13-8-7-9-14(2)19(13)20(22)17(12-18(21)23-24)15(3)16-10-5-4-6-11-16/h4-11,15,17H,12,24H2,1-3H3. The summed E-state index contributed by atoms with van der Waals surface area (Å²) in [6.07, 6.45) is 0.0617. The average molecular weight is 342 g/mol. The number of aryl methyl sites for hydroxylation is 2. The lowest BCUT2D eigenvalue weighted by Crippen LogP contribution is -2.25. The van der Waals surface area contributed by atoms with Crippen molar-refractivity contribution in [1.82, 2.24) is 0 Å². The molecule has 0 saturated carbocycles. The Kier molecular flexibility index (Phi) is 6.28. The van der Waals surface area contributed by atoms with Crippen LogP contribution in [0.25, 0.3) is 0 Å². The number of hydrogen-bond donors (Lipinski definition) is 0. The molecule has 0 fully saturated rings. The van der Waals surface area contributed by atoms with Gasteiger partial charge in [-0.3, -0.25) is 9.59 Å². The number of benzene rings is 2. The Labute approximate surface area is 145 Å². The molecule has 0 aliphatic carbocycles. The molecule has 0 aliphatic heterocycles. The topological polar surface area (TPSA) is 43.4 Å². The second kappa shape index (κ2) is 8.21. The first kappa shape index (κ1) is 18.4. The molecule has 0 spiro atoms. The van der Waals surface area contributed by atoms with Crippen LogP contribution >= 0.6 is 9.47 Å². The molecule has 2 aromatic rings. The Morgan fingerprint density at radius 1 is 1.00 bits per heavy atom. The Bertz CT molecular complexity index is 705. The third-order valence-corrected chi connectivity index (χ3v) is 4.77. The maximum Gasteiger partial charge on any atom is 0.308 e.